The van der Waals surface area contributed by atoms with Crippen LogP contribution < -0.4 is 5.32 Å². The van der Waals surface area contributed by atoms with Gasteiger partial charge in [-0.2, -0.15) is 0 Å². The van der Waals surface area contributed by atoms with Gasteiger partial charge in [-0.05, 0) is 32.1 Å². The molecule has 0 aromatic heterocycles. The third-order valence-electron chi connectivity index (χ3n) is 15.6. The van der Waals surface area contributed by atoms with Gasteiger partial charge in [-0.3, -0.25) is 9.59 Å². The summed E-state index contributed by atoms with van der Waals surface area (Å²) in [6.07, 6.45) is 75.4. The molecule has 72 heavy (non-hydrogen) atoms. The van der Waals surface area contributed by atoms with Gasteiger partial charge in [0.15, 0.2) is 0 Å². The molecule has 6 nitrogen and oxygen atoms in total. The number of carbonyl (C=O) groups excluding carboxylic acids is 2. The monoisotopic (exact) mass is 1020 g/mol. The molecule has 428 valence electrons. The molecule has 3 N–H and O–H groups in total. The average molecular weight is 1020 g/mol. The van der Waals surface area contributed by atoms with Crippen LogP contribution in [0.15, 0.2) is 12.2 Å². The van der Waals surface area contributed by atoms with Crippen molar-refractivity contribution in [3.05, 3.63) is 12.2 Å². The van der Waals surface area contributed by atoms with Gasteiger partial charge in [-0.25, -0.2) is 0 Å². The van der Waals surface area contributed by atoms with Crippen molar-refractivity contribution in [2.75, 3.05) is 13.2 Å². The lowest BCUT2D eigenvalue weighted by Gasteiger charge is -2.20. The number of rotatable bonds is 62. The van der Waals surface area contributed by atoms with E-state index in [0.29, 0.717) is 19.4 Å². The van der Waals surface area contributed by atoms with Crippen LogP contribution in [-0.4, -0.2) is 47.4 Å². The van der Waals surface area contributed by atoms with Gasteiger partial charge in [0, 0.05) is 12.8 Å². The number of carbonyl (C=O) groups is 2. The van der Waals surface area contributed by atoms with Crippen molar-refractivity contribution < 1.29 is 24.5 Å². The molecule has 0 fully saturated rings. The van der Waals surface area contributed by atoms with Crippen LogP contribution in [0.25, 0.3) is 0 Å². The zero-order chi connectivity index (χ0) is 52.2. The Hall–Kier alpha value is -1.40. The van der Waals surface area contributed by atoms with Crippen LogP contribution in [0.5, 0.6) is 0 Å². The van der Waals surface area contributed by atoms with E-state index in [1.165, 1.54) is 289 Å². The van der Waals surface area contributed by atoms with Crippen molar-refractivity contribution in [3.8, 4) is 0 Å². The molecule has 2 atom stereocenters. The number of esters is 1. The molecule has 0 heterocycles. The molecule has 0 aromatic carbocycles. The molecule has 0 rings (SSSR count). The van der Waals surface area contributed by atoms with Crippen LogP contribution in [0, 0.1) is 0 Å². The van der Waals surface area contributed by atoms with Gasteiger partial charge in [0.1, 0.15) is 0 Å². The largest absolute Gasteiger partial charge is 0.466 e. The number of nitrogens with one attached hydrogen (secondary N) is 1. The fraction of sp³-hybridized carbons (Fsp3) is 0.939. The summed E-state index contributed by atoms with van der Waals surface area (Å²) < 4.78 is 5.50. The standard InChI is InChI=1S/C66H129NO5/c1-3-5-7-9-11-13-15-17-19-21-23-24-25-26-28-29-31-34-38-42-46-50-54-58-64(69)63(62-68)67-65(70)59-55-51-47-43-39-35-33-37-41-45-49-53-57-61-72-66(71)60-56-52-48-44-40-36-32-30-27-22-20-18-16-14-12-10-8-6-4-2/h54,58,63-64,68-69H,3-53,55-57,59-62H2,1-2H3,(H,67,70)/b58-54+. The molecular formula is C66H129NO5. The predicted molar refractivity (Wildman–Crippen MR) is 315 cm³/mol. The first-order valence-electron chi connectivity index (χ1n) is 33.0. The lowest BCUT2D eigenvalue weighted by Crippen LogP contribution is -2.45. The third kappa shape index (κ3) is 57.9. The normalized spacial score (nSPS) is 12.6. The predicted octanol–water partition coefficient (Wildman–Crippen LogP) is 20.8. The SMILES string of the molecule is CCCCCCCCCCCCCCCCCCCCCCC/C=C/C(O)C(CO)NC(=O)CCCCCCCCCCCCCCCOC(=O)CCCCCCCCCCCCCCCCCCCCC. The summed E-state index contributed by atoms with van der Waals surface area (Å²) in [5.74, 6) is -0.0766. The molecule has 6 heteroatoms. The number of amides is 1. The van der Waals surface area contributed by atoms with Crippen LogP contribution in [-0.2, 0) is 14.3 Å². The Balaban J connectivity index is 3.44. The van der Waals surface area contributed by atoms with E-state index in [0.717, 1.165) is 57.8 Å². The van der Waals surface area contributed by atoms with E-state index in [-0.39, 0.29) is 18.5 Å². The van der Waals surface area contributed by atoms with E-state index in [9.17, 15) is 19.8 Å². The van der Waals surface area contributed by atoms with Crippen LogP contribution in [0.3, 0.4) is 0 Å². The molecule has 0 saturated carbocycles. The second kappa shape index (κ2) is 62.1. The first-order chi connectivity index (χ1) is 35.5. The summed E-state index contributed by atoms with van der Waals surface area (Å²) in [6, 6.07) is -0.638. The summed E-state index contributed by atoms with van der Waals surface area (Å²) >= 11 is 0. The first kappa shape index (κ1) is 70.6. The summed E-state index contributed by atoms with van der Waals surface area (Å²) in [6.45, 7) is 4.92. The minimum Gasteiger partial charge on any atom is -0.466 e. The van der Waals surface area contributed by atoms with Gasteiger partial charge in [0.05, 0.1) is 25.4 Å². The van der Waals surface area contributed by atoms with Crippen molar-refractivity contribution in [3.63, 3.8) is 0 Å². The fourth-order valence-corrected chi connectivity index (χ4v) is 10.5. The summed E-state index contributed by atoms with van der Waals surface area (Å²) in [5, 5.41) is 23.2. The molecule has 0 aromatic rings. The lowest BCUT2D eigenvalue weighted by molar-refractivity contribution is -0.143. The van der Waals surface area contributed by atoms with Crippen molar-refractivity contribution in [2.24, 2.45) is 0 Å². The quantitative estimate of drug-likeness (QED) is 0.0320. The maximum Gasteiger partial charge on any atom is 0.305 e. The highest BCUT2D eigenvalue weighted by Crippen LogP contribution is 2.19. The van der Waals surface area contributed by atoms with E-state index >= 15 is 0 Å². The van der Waals surface area contributed by atoms with E-state index in [1.807, 2.05) is 6.08 Å². The Bertz CT molecular complexity index is 1080. The Labute approximate surface area is 450 Å². The highest BCUT2D eigenvalue weighted by molar-refractivity contribution is 5.76. The van der Waals surface area contributed by atoms with E-state index in [2.05, 4.69) is 19.2 Å². The van der Waals surface area contributed by atoms with Gasteiger partial charge >= 0.3 is 5.97 Å². The van der Waals surface area contributed by atoms with Crippen molar-refractivity contribution in [2.45, 2.75) is 386 Å². The molecule has 0 spiro atoms. The Morgan fingerprint density at radius 2 is 0.639 bits per heavy atom. The minimum absolute atomic E-state index is 0.000719. The maximum atomic E-state index is 12.5. The van der Waals surface area contributed by atoms with Crippen molar-refractivity contribution >= 4 is 11.9 Å². The number of hydrogen-bond acceptors (Lipinski definition) is 5. The van der Waals surface area contributed by atoms with E-state index in [1.54, 1.807) is 6.08 Å². The molecule has 0 saturated heterocycles. The van der Waals surface area contributed by atoms with Crippen molar-refractivity contribution in [1.82, 2.24) is 5.32 Å². The number of aliphatic hydroxyl groups is 2. The van der Waals surface area contributed by atoms with Crippen LogP contribution in [0.2, 0.25) is 0 Å². The van der Waals surface area contributed by atoms with Gasteiger partial charge in [-0.1, -0.05) is 341 Å². The highest BCUT2D eigenvalue weighted by Gasteiger charge is 2.18. The topological polar surface area (TPSA) is 95.9 Å². The van der Waals surface area contributed by atoms with Gasteiger partial charge in [0.25, 0.3) is 0 Å². The zero-order valence-electron chi connectivity index (χ0n) is 48.9. The van der Waals surface area contributed by atoms with Gasteiger partial charge < -0.3 is 20.3 Å². The summed E-state index contributed by atoms with van der Waals surface area (Å²) in [5.41, 5.74) is 0. The Morgan fingerprint density at radius 1 is 0.375 bits per heavy atom. The highest BCUT2D eigenvalue weighted by atomic mass is 16.5. The molecule has 0 bridgehead atoms. The second-order valence-electron chi connectivity index (χ2n) is 22.8. The van der Waals surface area contributed by atoms with Crippen LogP contribution >= 0.6 is 0 Å². The molecule has 0 radical (unpaired) electrons. The molecular weight excluding hydrogens is 887 g/mol. The smallest absolute Gasteiger partial charge is 0.305 e. The molecule has 0 aliphatic rings. The van der Waals surface area contributed by atoms with Crippen LogP contribution in [0.4, 0.5) is 0 Å². The zero-order valence-corrected chi connectivity index (χ0v) is 48.9. The van der Waals surface area contributed by atoms with Gasteiger partial charge in [-0.15, -0.1) is 0 Å². The lowest BCUT2D eigenvalue weighted by atomic mass is 10.0. The van der Waals surface area contributed by atoms with Gasteiger partial charge in [0.2, 0.25) is 5.91 Å². The Kier molecular flexibility index (Phi) is 60.9. The maximum absolute atomic E-state index is 12.5. The molecule has 0 aliphatic carbocycles. The molecule has 0 aliphatic heterocycles. The minimum atomic E-state index is -0.853. The van der Waals surface area contributed by atoms with Crippen molar-refractivity contribution in [1.29, 1.82) is 0 Å². The number of aliphatic hydroxyl groups excluding tert-OH is 2. The number of ether oxygens (including phenoxy) is 1. The molecule has 2 unspecified atom stereocenters. The number of hydrogen-bond donors (Lipinski definition) is 3. The van der Waals surface area contributed by atoms with Crippen LogP contribution in [0.1, 0.15) is 373 Å². The van der Waals surface area contributed by atoms with E-state index < -0.39 is 12.1 Å². The average Bonchev–Trinajstić information content (AvgIpc) is 3.38. The summed E-state index contributed by atoms with van der Waals surface area (Å²) in [7, 11) is 0. The second-order valence-corrected chi connectivity index (χ2v) is 22.8. The van der Waals surface area contributed by atoms with E-state index in [4.69, 9.17) is 4.74 Å². The Morgan fingerprint density at radius 3 is 0.944 bits per heavy atom. The number of allylic oxidation sites excluding steroid dienone is 1. The fourth-order valence-electron chi connectivity index (χ4n) is 10.5. The first-order valence-corrected chi connectivity index (χ1v) is 33.0. The number of unbranched alkanes of at least 4 members (excludes halogenated alkanes) is 51. The summed E-state index contributed by atoms with van der Waals surface area (Å²) in [4.78, 5) is 24.6. The third-order valence-corrected chi connectivity index (χ3v) is 15.6. The molecule has 1 amide bonds.